The molecule has 1 spiro atoms. The van der Waals surface area contributed by atoms with Crippen LogP contribution in [0.25, 0.3) is 0 Å². The average Bonchev–Trinajstić information content (AvgIpc) is 3.75. The summed E-state index contributed by atoms with van der Waals surface area (Å²) >= 11 is 0. The van der Waals surface area contributed by atoms with Crippen LogP contribution >= 0.6 is 0 Å². The molecule has 5 fully saturated rings. The van der Waals surface area contributed by atoms with Gasteiger partial charge in [-0.15, -0.1) is 0 Å². The number of benzene rings is 2. The summed E-state index contributed by atoms with van der Waals surface area (Å²) in [6, 6.07) is 15.2. The van der Waals surface area contributed by atoms with Crippen LogP contribution in [0.15, 0.2) is 42.5 Å². The Morgan fingerprint density at radius 2 is 1.39 bits per heavy atom. The van der Waals surface area contributed by atoms with E-state index in [1.54, 1.807) is 22.3 Å². The fourth-order valence-electron chi connectivity index (χ4n) is 6.15. The summed E-state index contributed by atoms with van der Waals surface area (Å²) in [5.41, 5.74) is 7.27. The molecule has 5 aliphatic rings. The van der Waals surface area contributed by atoms with Gasteiger partial charge in [0.25, 0.3) is 0 Å². The van der Waals surface area contributed by atoms with Gasteiger partial charge in [0.2, 0.25) is 0 Å². The normalized spacial score (nSPS) is 23.1. The van der Waals surface area contributed by atoms with Crippen LogP contribution in [0, 0.1) is 0 Å². The molecule has 0 radical (unpaired) electrons. The number of nitrogens with zero attached hydrogens (tertiary/aromatic N) is 2. The average molecular weight is 487 g/mol. The fraction of sp³-hybridized carbons (Fsp3) is 0.533. The van der Waals surface area contributed by atoms with Gasteiger partial charge in [-0.25, -0.2) is 4.79 Å². The summed E-state index contributed by atoms with van der Waals surface area (Å²) in [6.07, 6.45) is 10.2. The highest BCUT2D eigenvalue weighted by atomic mass is 16.6. The van der Waals surface area contributed by atoms with E-state index in [4.69, 9.17) is 14.3 Å². The number of rotatable bonds is 6. The monoisotopic (exact) mass is 486 g/mol. The zero-order chi connectivity index (χ0) is 24.7. The number of hydrogen-bond donors (Lipinski definition) is 0. The molecule has 6 heteroatoms. The Labute approximate surface area is 212 Å². The van der Waals surface area contributed by atoms with Crippen LogP contribution in [0.4, 0.5) is 10.5 Å². The van der Waals surface area contributed by atoms with Gasteiger partial charge in [-0.1, -0.05) is 30.3 Å². The second-order valence-corrected chi connectivity index (χ2v) is 11.3. The third-order valence-electron chi connectivity index (χ3n) is 8.60. The summed E-state index contributed by atoms with van der Waals surface area (Å²) in [5.74, 6) is 2.49. The zero-order valence-electron chi connectivity index (χ0n) is 20.8. The van der Waals surface area contributed by atoms with Crippen molar-refractivity contribution in [2.75, 3.05) is 24.5 Å². The number of piperidine rings is 1. The first kappa shape index (κ1) is 23.4. The number of ether oxygens (including phenoxy) is 1. The Morgan fingerprint density at radius 1 is 0.833 bits per heavy atom. The van der Waals surface area contributed by atoms with Crippen LogP contribution in [-0.2, 0) is 20.9 Å². The quantitative estimate of drug-likeness (QED) is 0.522. The van der Waals surface area contributed by atoms with E-state index in [1.165, 1.54) is 38.5 Å². The van der Waals surface area contributed by atoms with E-state index in [1.807, 2.05) is 35.2 Å². The van der Waals surface area contributed by atoms with Gasteiger partial charge < -0.3 is 4.74 Å². The number of hydrogen-bond acceptors (Lipinski definition) is 5. The van der Waals surface area contributed by atoms with Crippen molar-refractivity contribution in [3.63, 3.8) is 0 Å². The van der Waals surface area contributed by atoms with Gasteiger partial charge in [0, 0.05) is 38.2 Å². The smallest absolute Gasteiger partial charge is 0.415 e. The molecule has 3 aliphatic carbocycles. The number of para-hydroxylation sites is 1. The molecule has 36 heavy (non-hydrogen) atoms. The van der Waals surface area contributed by atoms with Crippen molar-refractivity contribution in [2.24, 2.45) is 0 Å². The second kappa shape index (κ2) is 9.49. The van der Waals surface area contributed by atoms with E-state index >= 15 is 0 Å². The zero-order valence-corrected chi connectivity index (χ0v) is 20.8. The van der Waals surface area contributed by atoms with E-state index in [2.05, 4.69) is 17.0 Å². The summed E-state index contributed by atoms with van der Waals surface area (Å²) in [7, 11) is 0. The Kier molecular flexibility index (Phi) is 6.18. The number of carbonyl (C=O) groups is 1. The molecule has 3 saturated carbocycles. The number of carbonyl (C=O) groups excluding carboxylic acids is 3. The number of amides is 1. The SMILES string of the molecule is O=C1OC2(CCN(Cc3cc(C4CC4)c(C4CC4)cc3C3CC3)CC2)CN1c1ccccc1.O=C=O. The molecule has 2 aromatic rings. The lowest BCUT2D eigenvalue weighted by molar-refractivity contribution is -0.191. The van der Waals surface area contributed by atoms with Gasteiger partial charge in [-0.3, -0.25) is 9.80 Å². The van der Waals surface area contributed by atoms with Crippen LogP contribution in [0.2, 0.25) is 0 Å². The van der Waals surface area contributed by atoms with E-state index < -0.39 is 0 Å². The first-order valence-electron chi connectivity index (χ1n) is 13.5. The lowest BCUT2D eigenvalue weighted by atomic mass is 9.89. The highest BCUT2D eigenvalue weighted by molar-refractivity contribution is 5.90. The van der Waals surface area contributed by atoms with Crippen molar-refractivity contribution in [3.8, 4) is 0 Å². The predicted octanol–water partition coefficient (Wildman–Crippen LogP) is 5.73. The van der Waals surface area contributed by atoms with Gasteiger partial charge in [0.1, 0.15) is 5.60 Å². The first-order chi connectivity index (χ1) is 17.6. The molecule has 188 valence electrons. The third-order valence-corrected chi connectivity index (χ3v) is 8.60. The molecule has 7 rings (SSSR count). The molecule has 1 amide bonds. The highest BCUT2D eigenvalue weighted by Gasteiger charge is 2.47. The lowest BCUT2D eigenvalue weighted by Gasteiger charge is -2.37. The Morgan fingerprint density at radius 3 is 1.97 bits per heavy atom. The van der Waals surface area contributed by atoms with Crippen LogP contribution in [-0.4, -0.2) is 42.4 Å². The third kappa shape index (κ3) is 4.85. The van der Waals surface area contributed by atoms with Gasteiger partial charge in [0.15, 0.2) is 0 Å². The second-order valence-electron chi connectivity index (χ2n) is 11.3. The minimum atomic E-state index is -0.322. The maximum atomic E-state index is 12.6. The van der Waals surface area contributed by atoms with Crippen LogP contribution in [0.1, 0.15) is 91.4 Å². The molecule has 0 unspecified atom stereocenters. The van der Waals surface area contributed by atoms with Crippen LogP contribution in [0.5, 0.6) is 0 Å². The molecular weight excluding hydrogens is 452 g/mol. The molecular formula is C30H34N2O4. The molecule has 0 bridgehead atoms. The summed E-state index contributed by atoms with van der Waals surface area (Å²) in [4.78, 5) is 33.3. The van der Waals surface area contributed by atoms with Crippen LogP contribution < -0.4 is 4.90 Å². The van der Waals surface area contributed by atoms with Crippen molar-refractivity contribution in [2.45, 2.75) is 81.3 Å². The molecule has 0 atom stereocenters. The summed E-state index contributed by atoms with van der Waals surface area (Å²) < 4.78 is 6.00. The maximum absolute atomic E-state index is 12.6. The standard InChI is InChI=1S/C29H34N2O2.CO2/c32-28-31(24-4-2-1-3-5-24)19-29(33-28)12-14-30(15-13-29)18-23-16-26(21-8-9-21)27(22-10-11-22)17-25(23)20-6-7-20;2-1-3/h1-5,16-17,20-22H,6-15,18-19H2;. The van der Waals surface area contributed by atoms with Crippen molar-refractivity contribution in [3.05, 3.63) is 64.7 Å². The number of anilines is 1. The maximum Gasteiger partial charge on any atom is 0.415 e. The highest BCUT2D eigenvalue weighted by Crippen LogP contribution is 2.52. The minimum absolute atomic E-state index is 0.185. The fourth-order valence-corrected chi connectivity index (χ4v) is 6.15. The summed E-state index contributed by atoms with van der Waals surface area (Å²) in [5, 5.41) is 0. The van der Waals surface area contributed by atoms with Crippen molar-refractivity contribution < 1.29 is 19.1 Å². The predicted molar refractivity (Wildman–Crippen MR) is 135 cm³/mol. The van der Waals surface area contributed by atoms with Crippen molar-refractivity contribution >= 4 is 17.9 Å². The minimum Gasteiger partial charge on any atom is -0.441 e. The number of likely N-dealkylation sites (tertiary alicyclic amines) is 1. The van der Waals surface area contributed by atoms with E-state index in [-0.39, 0.29) is 17.8 Å². The Balaban J connectivity index is 0.000000765. The molecule has 0 aromatic heterocycles. The van der Waals surface area contributed by atoms with E-state index in [0.717, 1.165) is 55.9 Å². The largest absolute Gasteiger partial charge is 0.441 e. The lowest BCUT2D eigenvalue weighted by Crippen LogP contribution is -2.46. The van der Waals surface area contributed by atoms with Gasteiger partial charge in [-0.2, -0.15) is 9.59 Å². The molecule has 2 saturated heterocycles. The molecule has 6 nitrogen and oxygen atoms in total. The van der Waals surface area contributed by atoms with Crippen molar-refractivity contribution in [1.82, 2.24) is 4.90 Å². The molecule has 0 N–H and O–H groups in total. The van der Waals surface area contributed by atoms with E-state index in [9.17, 15) is 4.79 Å². The Bertz CT molecular complexity index is 1150. The summed E-state index contributed by atoms with van der Waals surface area (Å²) in [6.45, 7) is 3.74. The van der Waals surface area contributed by atoms with Gasteiger partial charge in [-0.05, 0) is 90.7 Å². The molecule has 2 aliphatic heterocycles. The van der Waals surface area contributed by atoms with Gasteiger partial charge >= 0.3 is 12.2 Å². The molecule has 2 heterocycles. The van der Waals surface area contributed by atoms with E-state index in [0.29, 0.717) is 6.54 Å². The molecule has 2 aromatic carbocycles. The topological polar surface area (TPSA) is 66.9 Å². The first-order valence-corrected chi connectivity index (χ1v) is 13.5. The van der Waals surface area contributed by atoms with Gasteiger partial charge in [0.05, 0.1) is 6.54 Å². The van der Waals surface area contributed by atoms with Crippen molar-refractivity contribution in [1.29, 1.82) is 0 Å². The Hall–Kier alpha value is -2.95. The van der Waals surface area contributed by atoms with Crippen LogP contribution in [0.3, 0.4) is 0 Å².